The number of carbonyl (C=O) groups excluding carboxylic acids is 1. The molecule has 144 valence electrons. The first-order valence-corrected chi connectivity index (χ1v) is 10.8. The summed E-state index contributed by atoms with van der Waals surface area (Å²) in [6.45, 7) is 0.667. The minimum Gasteiger partial charge on any atom is -0.329 e. The maximum Gasteiger partial charge on any atom is 0.237 e. The monoisotopic (exact) mass is 390 g/mol. The Balaban J connectivity index is 1.72. The number of nitrogens with zero attached hydrogens (tertiary/aromatic N) is 1. The highest BCUT2D eigenvalue weighted by Crippen LogP contribution is 2.41. The van der Waals surface area contributed by atoms with Gasteiger partial charge in [-0.1, -0.05) is 60.7 Å². The summed E-state index contributed by atoms with van der Waals surface area (Å²) in [5.74, 6) is 0.404. The Kier molecular flexibility index (Phi) is 5.89. The predicted molar refractivity (Wildman–Crippen MR) is 115 cm³/mol. The molecule has 4 rings (SSSR count). The molecule has 2 N–H and O–H groups in total. The molecule has 1 aliphatic carbocycles. The zero-order chi connectivity index (χ0) is 19.3. The van der Waals surface area contributed by atoms with Gasteiger partial charge >= 0.3 is 0 Å². The normalized spacial score (nSPS) is 18.5. The number of amides is 1. The van der Waals surface area contributed by atoms with Crippen LogP contribution in [0.25, 0.3) is 0 Å². The first-order chi connectivity index (χ1) is 13.8. The van der Waals surface area contributed by atoms with E-state index < -0.39 is 0 Å². The predicted octanol–water partition coefficient (Wildman–Crippen LogP) is 4.58. The van der Waals surface area contributed by atoms with Gasteiger partial charge in [0.25, 0.3) is 0 Å². The summed E-state index contributed by atoms with van der Waals surface area (Å²) in [4.78, 5) is 16.2. The van der Waals surface area contributed by atoms with Gasteiger partial charge in [0.2, 0.25) is 5.91 Å². The quantitative estimate of drug-likeness (QED) is 0.669. The largest absolute Gasteiger partial charge is 0.329 e. The molecule has 0 bridgehead atoms. The molecule has 0 saturated carbocycles. The lowest BCUT2D eigenvalue weighted by Gasteiger charge is -2.41. The SMILES string of the molecule is NCC(=O)N(Cc1cccs1)C1c2ccccc2CCC1Cc1ccccc1. The van der Waals surface area contributed by atoms with Crippen molar-refractivity contribution in [2.75, 3.05) is 6.54 Å². The summed E-state index contributed by atoms with van der Waals surface area (Å²) in [5, 5.41) is 2.07. The molecule has 2 unspecified atom stereocenters. The third kappa shape index (κ3) is 4.03. The lowest BCUT2D eigenvalue weighted by molar-refractivity contribution is -0.134. The van der Waals surface area contributed by atoms with Gasteiger partial charge < -0.3 is 10.6 Å². The van der Waals surface area contributed by atoms with Gasteiger partial charge in [-0.3, -0.25) is 4.79 Å². The van der Waals surface area contributed by atoms with Gasteiger partial charge in [-0.05, 0) is 53.3 Å². The summed E-state index contributed by atoms with van der Waals surface area (Å²) >= 11 is 1.69. The summed E-state index contributed by atoms with van der Waals surface area (Å²) in [7, 11) is 0. The number of fused-ring (bicyclic) bond motifs is 1. The number of thiophene rings is 1. The summed E-state index contributed by atoms with van der Waals surface area (Å²) in [6, 6.07) is 23.4. The van der Waals surface area contributed by atoms with Crippen LogP contribution in [0.15, 0.2) is 72.1 Å². The van der Waals surface area contributed by atoms with Gasteiger partial charge in [-0.15, -0.1) is 11.3 Å². The Hall–Kier alpha value is -2.43. The molecule has 4 heteroatoms. The van der Waals surface area contributed by atoms with Gasteiger partial charge in [-0.2, -0.15) is 0 Å². The molecular formula is C24H26N2OS. The molecule has 1 aromatic heterocycles. The Morgan fingerprint density at radius 3 is 2.57 bits per heavy atom. The molecule has 3 aromatic rings. The number of hydrogen-bond acceptors (Lipinski definition) is 3. The van der Waals surface area contributed by atoms with Crippen LogP contribution < -0.4 is 5.73 Å². The van der Waals surface area contributed by atoms with Crippen LogP contribution >= 0.6 is 11.3 Å². The van der Waals surface area contributed by atoms with Gasteiger partial charge in [0.15, 0.2) is 0 Å². The number of rotatable bonds is 6. The zero-order valence-electron chi connectivity index (χ0n) is 16.0. The Labute approximate surface area is 170 Å². The Morgan fingerprint density at radius 2 is 1.82 bits per heavy atom. The fourth-order valence-corrected chi connectivity index (χ4v) is 5.09. The maximum atomic E-state index is 13.0. The van der Waals surface area contributed by atoms with Crippen LogP contribution in [0.5, 0.6) is 0 Å². The molecule has 2 aromatic carbocycles. The summed E-state index contributed by atoms with van der Waals surface area (Å²) in [5.41, 5.74) is 9.81. The Bertz CT molecular complexity index is 907. The van der Waals surface area contributed by atoms with Gasteiger partial charge in [0, 0.05) is 4.88 Å². The van der Waals surface area contributed by atoms with Crippen LogP contribution in [-0.4, -0.2) is 17.4 Å². The van der Waals surface area contributed by atoms with E-state index in [-0.39, 0.29) is 18.5 Å². The second-order valence-corrected chi connectivity index (χ2v) is 8.47. The van der Waals surface area contributed by atoms with Crippen molar-refractivity contribution >= 4 is 17.2 Å². The first kappa shape index (κ1) is 18.9. The van der Waals surface area contributed by atoms with E-state index in [0.717, 1.165) is 19.3 Å². The van der Waals surface area contributed by atoms with Crippen molar-refractivity contribution in [2.24, 2.45) is 11.7 Å². The molecule has 0 fully saturated rings. The van der Waals surface area contributed by atoms with Crippen molar-refractivity contribution in [1.82, 2.24) is 4.90 Å². The molecule has 0 saturated heterocycles. The Morgan fingerprint density at radius 1 is 1.04 bits per heavy atom. The van der Waals surface area contributed by atoms with E-state index in [4.69, 9.17) is 5.73 Å². The smallest absolute Gasteiger partial charge is 0.237 e. The number of hydrogen-bond donors (Lipinski definition) is 1. The van der Waals surface area contributed by atoms with E-state index in [9.17, 15) is 4.79 Å². The third-order valence-electron chi connectivity index (χ3n) is 5.68. The molecule has 2 atom stereocenters. The van der Waals surface area contributed by atoms with Crippen LogP contribution in [-0.2, 0) is 24.2 Å². The number of benzene rings is 2. The van der Waals surface area contributed by atoms with Crippen LogP contribution in [0.3, 0.4) is 0 Å². The van der Waals surface area contributed by atoms with Crippen molar-refractivity contribution < 1.29 is 4.79 Å². The molecule has 28 heavy (non-hydrogen) atoms. The van der Waals surface area contributed by atoms with Crippen LogP contribution in [0, 0.1) is 5.92 Å². The van der Waals surface area contributed by atoms with E-state index >= 15 is 0 Å². The first-order valence-electron chi connectivity index (χ1n) is 9.90. The highest BCUT2D eigenvalue weighted by Gasteiger charge is 2.36. The van der Waals surface area contributed by atoms with Crippen LogP contribution in [0.2, 0.25) is 0 Å². The van der Waals surface area contributed by atoms with Crippen molar-refractivity contribution in [3.63, 3.8) is 0 Å². The number of aryl methyl sites for hydroxylation is 1. The topological polar surface area (TPSA) is 46.3 Å². The van der Waals surface area contributed by atoms with Crippen molar-refractivity contribution in [3.8, 4) is 0 Å². The van der Waals surface area contributed by atoms with E-state index in [2.05, 4.69) is 66.0 Å². The van der Waals surface area contributed by atoms with Crippen LogP contribution in [0.1, 0.15) is 34.0 Å². The standard InChI is InChI=1S/C24H26N2OS/c25-16-23(27)26(17-21-10-6-14-28-21)24-20(15-18-7-2-1-3-8-18)13-12-19-9-4-5-11-22(19)24/h1-11,14,20,24H,12-13,15-17,25H2. The molecule has 3 nitrogen and oxygen atoms in total. The fourth-order valence-electron chi connectivity index (χ4n) is 4.39. The fraction of sp³-hybridized carbons (Fsp3) is 0.292. The second-order valence-electron chi connectivity index (χ2n) is 7.44. The second kappa shape index (κ2) is 8.72. The van der Waals surface area contributed by atoms with E-state index in [1.165, 1.54) is 21.6 Å². The van der Waals surface area contributed by atoms with Crippen molar-refractivity contribution in [3.05, 3.63) is 93.7 Å². The van der Waals surface area contributed by atoms with Crippen molar-refractivity contribution in [1.29, 1.82) is 0 Å². The highest BCUT2D eigenvalue weighted by molar-refractivity contribution is 7.09. The highest BCUT2D eigenvalue weighted by atomic mass is 32.1. The molecule has 0 radical (unpaired) electrons. The zero-order valence-corrected chi connectivity index (χ0v) is 16.8. The molecule has 0 aliphatic heterocycles. The molecule has 0 spiro atoms. The minimum absolute atomic E-state index is 0.0214. The van der Waals surface area contributed by atoms with E-state index in [1.807, 2.05) is 11.0 Å². The lowest BCUT2D eigenvalue weighted by Crippen LogP contribution is -2.43. The minimum atomic E-state index is 0.0214. The summed E-state index contributed by atoms with van der Waals surface area (Å²) in [6.07, 6.45) is 3.11. The molecule has 1 heterocycles. The van der Waals surface area contributed by atoms with E-state index in [1.54, 1.807) is 11.3 Å². The maximum absolute atomic E-state index is 13.0. The molecular weight excluding hydrogens is 364 g/mol. The van der Waals surface area contributed by atoms with Gasteiger partial charge in [0.1, 0.15) is 0 Å². The average molecular weight is 391 g/mol. The average Bonchev–Trinajstić information content (AvgIpc) is 3.26. The number of carbonyl (C=O) groups is 1. The molecule has 1 amide bonds. The van der Waals surface area contributed by atoms with Gasteiger partial charge in [-0.25, -0.2) is 0 Å². The van der Waals surface area contributed by atoms with E-state index in [0.29, 0.717) is 12.5 Å². The number of nitrogens with two attached hydrogens (primary N) is 1. The lowest BCUT2D eigenvalue weighted by atomic mass is 9.76. The summed E-state index contributed by atoms with van der Waals surface area (Å²) < 4.78 is 0. The van der Waals surface area contributed by atoms with Crippen LogP contribution in [0.4, 0.5) is 0 Å². The third-order valence-corrected chi connectivity index (χ3v) is 6.54. The molecule has 1 aliphatic rings. The van der Waals surface area contributed by atoms with Crippen molar-refractivity contribution in [2.45, 2.75) is 31.8 Å². The van der Waals surface area contributed by atoms with Gasteiger partial charge in [0.05, 0.1) is 19.1 Å².